The highest BCUT2D eigenvalue weighted by Crippen LogP contribution is 2.34. The Morgan fingerprint density at radius 3 is 2.00 bits per heavy atom. The molecule has 0 atom stereocenters. The largest absolute Gasteiger partial charge is 0.423 e. The lowest BCUT2D eigenvalue weighted by atomic mass is 9.92. The maximum atomic E-state index is 13.3. The summed E-state index contributed by atoms with van der Waals surface area (Å²) in [4.78, 5) is 36.4. The van der Waals surface area contributed by atoms with Crippen LogP contribution in [0.4, 0.5) is 5.69 Å². The Morgan fingerprint density at radius 2 is 1.34 bits per heavy atom. The summed E-state index contributed by atoms with van der Waals surface area (Å²) >= 11 is 12.3. The Hall–Kier alpha value is -4.98. The number of benzene rings is 5. The van der Waals surface area contributed by atoms with Gasteiger partial charge >= 0.3 is 11.9 Å². The van der Waals surface area contributed by atoms with E-state index in [1.807, 2.05) is 42.5 Å². The van der Waals surface area contributed by atoms with Gasteiger partial charge in [0.2, 0.25) is 0 Å². The van der Waals surface area contributed by atoms with Crippen LogP contribution in [-0.4, -0.2) is 16.9 Å². The van der Waals surface area contributed by atoms with Gasteiger partial charge in [0.25, 0.3) is 5.69 Å². The van der Waals surface area contributed by atoms with Crippen molar-refractivity contribution in [3.8, 4) is 33.8 Å². The molecular weight excluding hydrogens is 637 g/mol. The van der Waals surface area contributed by atoms with Gasteiger partial charge in [-0.15, -0.1) is 0 Å². The molecule has 9 heteroatoms. The second-order valence-corrected chi connectivity index (χ2v) is 11.7. The maximum absolute atomic E-state index is 13.3. The lowest BCUT2D eigenvalue weighted by Crippen LogP contribution is -2.11. The molecular formula is C38H31Cl2NO6. The molecule has 47 heavy (non-hydrogen) atoms. The molecule has 0 bridgehead atoms. The van der Waals surface area contributed by atoms with Crippen LogP contribution >= 0.6 is 23.2 Å². The van der Waals surface area contributed by atoms with Crippen molar-refractivity contribution in [1.82, 2.24) is 0 Å². The number of hydrogen-bond acceptors (Lipinski definition) is 6. The van der Waals surface area contributed by atoms with E-state index >= 15 is 0 Å². The molecule has 0 unspecified atom stereocenters. The number of nitro groups is 1. The molecule has 0 aromatic heterocycles. The molecule has 0 aliphatic carbocycles. The van der Waals surface area contributed by atoms with Crippen molar-refractivity contribution in [1.29, 1.82) is 0 Å². The molecule has 238 valence electrons. The van der Waals surface area contributed by atoms with Gasteiger partial charge in [-0.25, -0.2) is 9.59 Å². The van der Waals surface area contributed by atoms with Crippen LogP contribution in [0.25, 0.3) is 22.3 Å². The van der Waals surface area contributed by atoms with Gasteiger partial charge in [0.15, 0.2) is 0 Å². The van der Waals surface area contributed by atoms with Crippen LogP contribution in [0.15, 0.2) is 109 Å². The molecule has 0 N–H and O–H groups in total. The van der Waals surface area contributed by atoms with E-state index in [2.05, 4.69) is 31.2 Å². The number of rotatable bonds is 12. The van der Waals surface area contributed by atoms with E-state index < -0.39 is 16.9 Å². The summed E-state index contributed by atoms with van der Waals surface area (Å²) < 4.78 is 10.9. The van der Waals surface area contributed by atoms with Gasteiger partial charge in [0, 0.05) is 18.2 Å². The van der Waals surface area contributed by atoms with Crippen molar-refractivity contribution < 1.29 is 24.0 Å². The van der Waals surface area contributed by atoms with Crippen LogP contribution < -0.4 is 9.47 Å². The number of unbranched alkanes of at least 4 members (excludes halogenated alkanes) is 3. The van der Waals surface area contributed by atoms with Crippen molar-refractivity contribution in [2.24, 2.45) is 0 Å². The maximum Gasteiger partial charge on any atom is 0.345 e. The highest BCUT2D eigenvalue weighted by Gasteiger charge is 2.19. The van der Waals surface area contributed by atoms with E-state index in [1.54, 1.807) is 6.07 Å². The second kappa shape index (κ2) is 15.5. The van der Waals surface area contributed by atoms with Crippen LogP contribution in [-0.2, 0) is 6.42 Å². The van der Waals surface area contributed by atoms with Crippen LogP contribution in [0.1, 0.15) is 58.9 Å². The highest BCUT2D eigenvalue weighted by atomic mass is 35.5. The summed E-state index contributed by atoms with van der Waals surface area (Å²) in [5.41, 5.74) is 5.20. The summed E-state index contributed by atoms with van der Waals surface area (Å²) in [6.45, 7) is 2.21. The molecule has 0 heterocycles. The van der Waals surface area contributed by atoms with Crippen molar-refractivity contribution in [2.75, 3.05) is 0 Å². The molecule has 0 fully saturated rings. The summed E-state index contributed by atoms with van der Waals surface area (Å²) in [6.07, 6.45) is 5.85. The fourth-order valence-corrected chi connectivity index (χ4v) is 5.63. The smallest absolute Gasteiger partial charge is 0.345 e. The van der Waals surface area contributed by atoms with E-state index in [-0.39, 0.29) is 32.8 Å². The molecule has 0 aliphatic rings. The third-order valence-corrected chi connectivity index (χ3v) is 8.24. The summed E-state index contributed by atoms with van der Waals surface area (Å²) in [5, 5.41) is 10.8. The predicted molar refractivity (Wildman–Crippen MR) is 185 cm³/mol. The number of ether oxygens (including phenoxy) is 2. The van der Waals surface area contributed by atoms with Crippen molar-refractivity contribution >= 4 is 40.8 Å². The molecule has 0 saturated carbocycles. The molecule has 0 saturated heterocycles. The Kier molecular flexibility index (Phi) is 11.0. The number of carbonyl (C=O) groups excluding carboxylic acids is 2. The first-order chi connectivity index (χ1) is 22.7. The first-order valence-electron chi connectivity index (χ1n) is 15.2. The van der Waals surface area contributed by atoms with Crippen molar-refractivity contribution in [3.63, 3.8) is 0 Å². The molecule has 0 radical (unpaired) electrons. The lowest BCUT2D eigenvalue weighted by Gasteiger charge is -2.14. The third-order valence-electron chi connectivity index (χ3n) is 7.62. The van der Waals surface area contributed by atoms with Gasteiger partial charge in [-0.3, -0.25) is 10.1 Å². The topological polar surface area (TPSA) is 95.7 Å². The SMILES string of the molecule is CCCCCCc1ccc(-c2cc(C(=O)Oc3ccc(C(=O)Oc4ccc([N+](=O)[O-])c(Cl)c4)c(Cl)c3)ccc2-c2ccccc2)cc1. The molecule has 0 aliphatic heterocycles. The Labute approximate surface area is 282 Å². The van der Waals surface area contributed by atoms with E-state index in [0.29, 0.717) is 5.56 Å². The average Bonchev–Trinajstić information content (AvgIpc) is 3.07. The standard InChI is InChI=1S/C38H31Cl2NO6/c1-2-3-4-6-9-25-12-14-27(15-13-25)33-22-28(16-19-31(33)26-10-7-5-8-11-26)37(42)46-29-17-20-32(34(39)23-29)38(43)47-30-18-21-36(41(44)45)35(40)24-30/h5,7-8,10-24H,2-4,6,9H2,1H3. The Balaban J connectivity index is 1.34. The lowest BCUT2D eigenvalue weighted by molar-refractivity contribution is -0.384. The first-order valence-corrected chi connectivity index (χ1v) is 16.0. The van der Waals surface area contributed by atoms with Crippen LogP contribution in [0, 0.1) is 10.1 Å². The zero-order valence-corrected chi connectivity index (χ0v) is 27.1. The van der Waals surface area contributed by atoms with E-state index in [9.17, 15) is 19.7 Å². The number of halogens is 2. The zero-order valence-electron chi connectivity index (χ0n) is 25.6. The highest BCUT2D eigenvalue weighted by molar-refractivity contribution is 6.34. The van der Waals surface area contributed by atoms with E-state index in [1.165, 1.54) is 55.2 Å². The van der Waals surface area contributed by atoms with Gasteiger partial charge in [-0.2, -0.15) is 0 Å². The van der Waals surface area contributed by atoms with Gasteiger partial charge in [0.1, 0.15) is 16.5 Å². The first kappa shape index (κ1) is 33.4. The fourth-order valence-electron chi connectivity index (χ4n) is 5.14. The second-order valence-electron chi connectivity index (χ2n) is 10.9. The summed E-state index contributed by atoms with van der Waals surface area (Å²) in [6, 6.07) is 31.6. The molecule has 7 nitrogen and oxygen atoms in total. The fraction of sp³-hybridized carbons (Fsp3) is 0.158. The Morgan fingerprint density at radius 1 is 0.681 bits per heavy atom. The minimum atomic E-state index is -0.814. The average molecular weight is 669 g/mol. The third kappa shape index (κ3) is 8.44. The zero-order chi connectivity index (χ0) is 33.3. The van der Waals surface area contributed by atoms with E-state index in [4.69, 9.17) is 32.7 Å². The molecule has 5 rings (SSSR count). The summed E-state index contributed by atoms with van der Waals surface area (Å²) in [5.74, 6) is -1.26. The molecule has 0 spiro atoms. The number of esters is 2. The normalized spacial score (nSPS) is 10.8. The van der Waals surface area contributed by atoms with Crippen LogP contribution in [0.2, 0.25) is 10.0 Å². The van der Waals surface area contributed by atoms with Gasteiger partial charge < -0.3 is 9.47 Å². The molecule has 5 aromatic rings. The van der Waals surface area contributed by atoms with Gasteiger partial charge in [-0.05, 0) is 71.0 Å². The molecule has 5 aromatic carbocycles. The minimum Gasteiger partial charge on any atom is -0.423 e. The summed E-state index contributed by atoms with van der Waals surface area (Å²) in [7, 11) is 0. The number of nitro benzene ring substituents is 1. The number of carbonyl (C=O) groups is 2. The monoisotopic (exact) mass is 667 g/mol. The van der Waals surface area contributed by atoms with Crippen molar-refractivity contribution in [2.45, 2.75) is 39.0 Å². The minimum absolute atomic E-state index is 0.00394. The van der Waals surface area contributed by atoms with Crippen molar-refractivity contribution in [3.05, 3.63) is 146 Å². The quantitative estimate of drug-likeness (QED) is 0.0432. The van der Waals surface area contributed by atoms with Crippen LogP contribution in [0.5, 0.6) is 11.5 Å². The van der Waals surface area contributed by atoms with E-state index in [0.717, 1.165) is 41.2 Å². The predicted octanol–water partition coefficient (Wildman–Crippen LogP) is 10.8. The number of nitrogens with zero attached hydrogens (tertiary/aromatic N) is 1. The van der Waals surface area contributed by atoms with Gasteiger partial charge in [-0.1, -0.05) is 110 Å². The molecule has 0 amide bonds. The van der Waals surface area contributed by atoms with Gasteiger partial charge in [0.05, 0.1) is 21.1 Å². The number of aryl methyl sites for hydroxylation is 1. The Bertz CT molecular complexity index is 1910. The van der Waals surface area contributed by atoms with Crippen LogP contribution in [0.3, 0.4) is 0 Å². The number of hydrogen-bond donors (Lipinski definition) is 0.